The van der Waals surface area contributed by atoms with E-state index in [-0.39, 0.29) is 0 Å². The summed E-state index contributed by atoms with van der Waals surface area (Å²) in [5.74, 6) is 1.86. The quantitative estimate of drug-likeness (QED) is 0.601. The van der Waals surface area contributed by atoms with Gasteiger partial charge in [-0.3, -0.25) is 4.90 Å². The van der Waals surface area contributed by atoms with Crippen molar-refractivity contribution in [3.8, 4) is 0 Å². The molecular weight excluding hydrogens is 158 g/mol. The fourth-order valence-corrected chi connectivity index (χ4v) is 2.92. The molecule has 1 heterocycles. The van der Waals surface area contributed by atoms with Gasteiger partial charge in [0.05, 0.1) is 0 Å². The molecule has 1 saturated carbocycles. The van der Waals surface area contributed by atoms with Crippen LogP contribution in [0.2, 0.25) is 0 Å². The van der Waals surface area contributed by atoms with E-state index in [4.69, 9.17) is 0 Å². The minimum absolute atomic E-state index is 0.932. The fraction of sp³-hybridized carbons (Fsp3) is 1.00. The van der Waals surface area contributed by atoms with Crippen LogP contribution in [0, 0.1) is 11.8 Å². The van der Waals surface area contributed by atoms with Crippen molar-refractivity contribution in [3.05, 3.63) is 0 Å². The topological polar surface area (TPSA) is 3.24 Å². The normalized spacial score (nSPS) is 38.3. The Morgan fingerprint density at radius 1 is 0.846 bits per heavy atom. The molecule has 2 rings (SSSR count). The van der Waals surface area contributed by atoms with E-state index in [1.807, 2.05) is 0 Å². The molecule has 2 fully saturated rings. The lowest BCUT2D eigenvalue weighted by molar-refractivity contribution is 0.183. The zero-order chi connectivity index (χ0) is 9.26. The Bertz CT molecular complexity index is 151. The Kier molecular flexibility index (Phi) is 2.92. The van der Waals surface area contributed by atoms with E-state index in [1.54, 1.807) is 0 Å². The van der Waals surface area contributed by atoms with Crippen molar-refractivity contribution < 1.29 is 0 Å². The SMILES string of the molecule is CC1CN(C2CCCCC2)CC1C. The van der Waals surface area contributed by atoms with E-state index in [0.29, 0.717) is 0 Å². The lowest BCUT2D eigenvalue weighted by Crippen LogP contribution is -2.35. The maximum absolute atomic E-state index is 2.76. The van der Waals surface area contributed by atoms with Crippen molar-refractivity contribution in [1.82, 2.24) is 4.90 Å². The monoisotopic (exact) mass is 181 g/mol. The van der Waals surface area contributed by atoms with Gasteiger partial charge in [0.25, 0.3) is 0 Å². The van der Waals surface area contributed by atoms with E-state index < -0.39 is 0 Å². The second kappa shape index (κ2) is 4.00. The Morgan fingerprint density at radius 3 is 1.92 bits per heavy atom. The summed E-state index contributed by atoms with van der Waals surface area (Å²) >= 11 is 0. The van der Waals surface area contributed by atoms with Gasteiger partial charge in [0.15, 0.2) is 0 Å². The molecule has 0 bridgehead atoms. The van der Waals surface area contributed by atoms with Crippen molar-refractivity contribution in [1.29, 1.82) is 0 Å². The van der Waals surface area contributed by atoms with Crippen LogP contribution in [-0.2, 0) is 0 Å². The first-order valence-corrected chi connectivity index (χ1v) is 6.01. The maximum atomic E-state index is 2.76. The number of likely N-dealkylation sites (tertiary alicyclic amines) is 1. The Morgan fingerprint density at radius 2 is 1.38 bits per heavy atom. The largest absolute Gasteiger partial charge is 0.300 e. The highest BCUT2D eigenvalue weighted by atomic mass is 15.2. The van der Waals surface area contributed by atoms with Crippen LogP contribution < -0.4 is 0 Å². The summed E-state index contributed by atoms with van der Waals surface area (Å²) in [6.07, 6.45) is 7.38. The first kappa shape index (κ1) is 9.51. The molecule has 0 aromatic carbocycles. The molecule has 2 unspecified atom stereocenters. The van der Waals surface area contributed by atoms with Gasteiger partial charge in [0.1, 0.15) is 0 Å². The first-order valence-electron chi connectivity index (χ1n) is 6.01. The number of hydrogen-bond acceptors (Lipinski definition) is 1. The molecule has 1 heteroatoms. The van der Waals surface area contributed by atoms with Gasteiger partial charge in [-0.25, -0.2) is 0 Å². The molecule has 0 N–H and O–H groups in total. The summed E-state index contributed by atoms with van der Waals surface area (Å²) in [7, 11) is 0. The van der Waals surface area contributed by atoms with Gasteiger partial charge < -0.3 is 0 Å². The summed E-state index contributed by atoms with van der Waals surface area (Å²) in [4.78, 5) is 2.76. The zero-order valence-corrected chi connectivity index (χ0v) is 9.13. The van der Waals surface area contributed by atoms with Crippen molar-refractivity contribution in [2.45, 2.75) is 52.0 Å². The third-order valence-electron chi connectivity index (χ3n) is 4.11. The van der Waals surface area contributed by atoms with E-state index in [2.05, 4.69) is 18.7 Å². The van der Waals surface area contributed by atoms with Crippen LogP contribution in [0.4, 0.5) is 0 Å². The van der Waals surface area contributed by atoms with Gasteiger partial charge in [-0.15, -0.1) is 0 Å². The Balaban J connectivity index is 1.87. The van der Waals surface area contributed by atoms with Crippen LogP contribution >= 0.6 is 0 Å². The molecule has 2 atom stereocenters. The van der Waals surface area contributed by atoms with Gasteiger partial charge in [-0.2, -0.15) is 0 Å². The van der Waals surface area contributed by atoms with E-state index in [0.717, 1.165) is 17.9 Å². The molecule has 13 heavy (non-hydrogen) atoms. The van der Waals surface area contributed by atoms with Crippen LogP contribution in [0.1, 0.15) is 46.0 Å². The summed E-state index contributed by atoms with van der Waals surface area (Å²) in [6.45, 7) is 7.55. The molecule has 1 saturated heterocycles. The average Bonchev–Trinajstić information content (AvgIpc) is 2.49. The molecule has 0 radical (unpaired) electrons. The Labute approximate surface area is 82.5 Å². The average molecular weight is 181 g/mol. The minimum atomic E-state index is 0.932. The fourth-order valence-electron chi connectivity index (χ4n) is 2.92. The third kappa shape index (κ3) is 2.07. The van der Waals surface area contributed by atoms with E-state index in [1.165, 1.54) is 45.2 Å². The maximum Gasteiger partial charge on any atom is 0.00954 e. The number of hydrogen-bond donors (Lipinski definition) is 0. The zero-order valence-electron chi connectivity index (χ0n) is 9.13. The second-order valence-electron chi connectivity index (χ2n) is 5.20. The van der Waals surface area contributed by atoms with Crippen molar-refractivity contribution in [2.75, 3.05) is 13.1 Å². The van der Waals surface area contributed by atoms with Gasteiger partial charge in [0, 0.05) is 19.1 Å². The second-order valence-corrected chi connectivity index (χ2v) is 5.20. The molecular formula is C12H23N. The molecule has 1 nitrogen and oxygen atoms in total. The third-order valence-corrected chi connectivity index (χ3v) is 4.11. The van der Waals surface area contributed by atoms with Crippen molar-refractivity contribution in [2.24, 2.45) is 11.8 Å². The van der Waals surface area contributed by atoms with Crippen molar-refractivity contribution in [3.63, 3.8) is 0 Å². The van der Waals surface area contributed by atoms with Crippen LogP contribution in [0.15, 0.2) is 0 Å². The van der Waals surface area contributed by atoms with Crippen LogP contribution in [0.5, 0.6) is 0 Å². The predicted octanol–water partition coefficient (Wildman–Crippen LogP) is 2.91. The lowest BCUT2D eigenvalue weighted by Gasteiger charge is -2.31. The minimum Gasteiger partial charge on any atom is -0.300 e. The molecule has 0 spiro atoms. The summed E-state index contributed by atoms with van der Waals surface area (Å²) in [6, 6.07) is 0.946. The highest BCUT2D eigenvalue weighted by molar-refractivity contribution is 4.85. The molecule has 1 aliphatic carbocycles. The van der Waals surface area contributed by atoms with E-state index in [9.17, 15) is 0 Å². The summed E-state index contributed by atoms with van der Waals surface area (Å²) in [5, 5.41) is 0. The highest BCUT2D eigenvalue weighted by Gasteiger charge is 2.31. The van der Waals surface area contributed by atoms with Gasteiger partial charge in [0.2, 0.25) is 0 Å². The summed E-state index contributed by atoms with van der Waals surface area (Å²) in [5.41, 5.74) is 0. The highest BCUT2D eigenvalue weighted by Crippen LogP contribution is 2.30. The summed E-state index contributed by atoms with van der Waals surface area (Å²) < 4.78 is 0. The smallest absolute Gasteiger partial charge is 0.00954 e. The first-order chi connectivity index (χ1) is 6.27. The Hall–Kier alpha value is -0.0400. The molecule has 0 aromatic heterocycles. The predicted molar refractivity (Wildman–Crippen MR) is 56.8 cm³/mol. The molecule has 2 aliphatic rings. The molecule has 0 aromatic rings. The molecule has 1 aliphatic heterocycles. The molecule has 0 amide bonds. The number of rotatable bonds is 1. The van der Waals surface area contributed by atoms with Crippen LogP contribution in [0.3, 0.4) is 0 Å². The van der Waals surface area contributed by atoms with Crippen molar-refractivity contribution >= 4 is 0 Å². The van der Waals surface area contributed by atoms with E-state index >= 15 is 0 Å². The van der Waals surface area contributed by atoms with Gasteiger partial charge >= 0.3 is 0 Å². The number of nitrogens with zero attached hydrogens (tertiary/aromatic N) is 1. The van der Waals surface area contributed by atoms with Gasteiger partial charge in [-0.1, -0.05) is 33.1 Å². The standard InChI is InChI=1S/C12H23N/c1-10-8-13(9-11(10)2)12-6-4-3-5-7-12/h10-12H,3-9H2,1-2H3. The van der Waals surface area contributed by atoms with Gasteiger partial charge in [-0.05, 0) is 24.7 Å². The van der Waals surface area contributed by atoms with Crippen LogP contribution in [-0.4, -0.2) is 24.0 Å². The van der Waals surface area contributed by atoms with Crippen LogP contribution in [0.25, 0.3) is 0 Å². The lowest BCUT2D eigenvalue weighted by atomic mass is 9.94. The molecule has 76 valence electrons.